The molecule has 7 nitrogen and oxygen atoms in total. The van der Waals surface area contributed by atoms with Crippen LogP contribution in [0.1, 0.15) is 54.7 Å². The number of ether oxygens (including phenoxy) is 1. The molecule has 1 N–H and O–H groups in total. The van der Waals surface area contributed by atoms with Crippen LogP contribution < -0.4 is 10.1 Å². The molecule has 0 aliphatic rings. The molecule has 2 heterocycles. The smallest absolute Gasteiger partial charge is 0.259 e. The highest BCUT2D eigenvalue weighted by Crippen LogP contribution is 2.35. The lowest BCUT2D eigenvalue weighted by atomic mass is 9.99. The predicted molar refractivity (Wildman–Crippen MR) is 170 cm³/mol. The van der Waals surface area contributed by atoms with Crippen LogP contribution in [0.3, 0.4) is 0 Å². The number of nitrogens with one attached hydrogen (secondary N) is 1. The molecule has 0 unspecified atom stereocenters. The second-order valence-corrected chi connectivity index (χ2v) is 12.3. The first-order valence-corrected chi connectivity index (χ1v) is 15.7. The van der Waals surface area contributed by atoms with Crippen molar-refractivity contribution >= 4 is 44.7 Å². The summed E-state index contributed by atoms with van der Waals surface area (Å²) in [4.78, 5) is 18.9. The number of aromatic nitrogens is 3. The third-order valence-electron chi connectivity index (χ3n) is 6.46. The number of hydrogen-bond acceptors (Lipinski definition) is 7. The Morgan fingerprint density at radius 1 is 1.23 bits per heavy atom. The quantitative estimate of drug-likeness (QED) is 0.226. The van der Waals surface area contributed by atoms with E-state index in [-0.39, 0.29) is 16.6 Å². The van der Waals surface area contributed by atoms with E-state index in [1.807, 2.05) is 27.0 Å². The van der Waals surface area contributed by atoms with Crippen molar-refractivity contribution in [1.82, 2.24) is 15.2 Å². The average Bonchev–Trinajstić information content (AvgIpc) is 3.40. The van der Waals surface area contributed by atoms with Crippen molar-refractivity contribution < 1.29 is 9.53 Å². The highest BCUT2D eigenvalue weighted by molar-refractivity contribution is 7.90. The number of anilines is 1. The zero-order chi connectivity index (χ0) is 29.2. The van der Waals surface area contributed by atoms with Crippen molar-refractivity contribution in [1.29, 1.82) is 0 Å². The third kappa shape index (κ3) is 8.19. The first-order chi connectivity index (χ1) is 19.2. The molecule has 1 atom stereocenters. The van der Waals surface area contributed by atoms with E-state index < -0.39 is 0 Å². The van der Waals surface area contributed by atoms with Crippen molar-refractivity contribution in [2.45, 2.75) is 47.0 Å². The van der Waals surface area contributed by atoms with E-state index in [1.165, 1.54) is 27.4 Å². The van der Waals surface area contributed by atoms with E-state index in [2.05, 4.69) is 63.2 Å². The van der Waals surface area contributed by atoms with Gasteiger partial charge in [-0.3, -0.25) is 19.5 Å². The van der Waals surface area contributed by atoms with Gasteiger partial charge in [-0.05, 0) is 75.8 Å². The van der Waals surface area contributed by atoms with Gasteiger partial charge in [0.2, 0.25) is 5.13 Å². The fourth-order valence-corrected chi connectivity index (χ4v) is 5.71. The molecule has 1 amide bonds. The van der Waals surface area contributed by atoms with E-state index in [9.17, 15) is 4.79 Å². The number of halogens is 1. The number of aryl methyl sites for hydroxylation is 2. The Kier molecular flexibility index (Phi) is 11.8. The van der Waals surface area contributed by atoms with Crippen LogP contribution in [0.5, 0.6) is 5.75 Å². The molecule has 3 rings (SSSR count). The Morgan fingerprint density at radius 2 is 2.00 bits per heavy atom. The lowest BCUT2D eigenvalue weighted by molar-refractivity contribution is 0.102. The Labute approximate surface area is 248 Å². The number of methoxy groups -OCH3 is 1. The fraction of sp³-hybridized carbons (Fsp3) is 0.333. The lowest BCUT2D eigenvalue weighted by Gasteiger charge is -2.13. The zero-order valence-electron chi connectivity index (χ0n) is 24.0. The van der Waals surface area contributed by atoms with Crippen LogP contribution in [0.2, 0.25) is 5.02 Å². The van der Waals surface area contributed by atoms with Gasteiger partial charge >= 0.3 is 0 Å². The molecule has 0 fully saturated rings. The second kappa shape index (κ2) is 15.0. The van der Waals surface area contributed by atoms with Crippen molar-refractivity contribution in [3.63, 3.8) is 0 Å². The average molecular weight is 598 g/mol. The summed E-state index contributed by atoms with van der Waals surface area (Å²) in [5.41, 5.74) is 5.17. The zero-order valence-corrected chi connectivity index (χ0v) is 26.4. The molecule has 0 aliphatic carbocycles. The maximum Gasteiger partial charge on any atom is 0.259 e. The molecule has 40 heavy (non-hydrogen) atoms. The van der Waals surface area contributed by atoms with Gasteiger partial charge in [0.15, 0.2) is 0 Å². The summed E-state index contributed by atoms with van der Waals surface area (Å²) >= 11 is 7.65. The van der Waals surface area contributed by atoms with Crippen molar-refractivity contribution in [3.05, 3.63) is 86.0 Å². The summed E-state index contributed by atoms with van der Waals surface area (Å²) in [6.45, 7) is 8.25. The van der Waals surface area contributed by atoms with Gasteiger partial charge in [0, 0.05) is 46.4 Å². The van der Waals surface area contributed by atoms with Gasteiger partial charge in [0.05, 0.1) is 12.7 Å². The van der Waals surface area contributed by atoms with Crippen molar-refractivity contribution in [2.24, 2.45) is 4.36 Å². The Morgan fingerprint density at radius 3 is 2.67 bits per heavy atom. The van der Waals surface area contributed by atoms with Crippen molar-refractivity contribution in [2.75, 3.05) is 25.7 Å². The molecule has 0 spiro atoms. The molecule has 0 saturated carbocycles. The van der Waals surface area contributed by atoms with Crippen LogP contribution >= 0.6 is 22.9 Å². The third-order valence-corrected chi connectivity index (χ3v) is 9.19. The number of rotatable bonds is 11. The molecule has 212 valence electrons. The number of hydrogen-bond donors (Lipinski definition) is 1. The Hall–Kier alpha value is -3.14. The number of allylic oxidation sites excluding steroid dienone is 5. The van der Waals surface area contributed by atoms with E-state index >= 15 is 0 Å². The molecular formula is C30H36ClN5O2S2. The van der Waals surface area contributed by atoms with Gasteiger partial charge in [0.1, 0.15) is 10.8 Å². The van der Waals surface area contributed by atoms with E-state index in [0.717, 1.165) is 30.0 Å². The molecular weight excluding hydrogens is 562 g/mol. The van der Waals surface area contributed by atoms with Crippen LogP contribution in [0.25, 0.3) is 11.1 Å². The van der Waals surface area contributed by atoms with E-state index in [1.54, 1.807) is 31.5 Å². The number of carbonyl (C=O) groups excluding carboxylic acids is 1. The summed E-state index contributed by atoms with van der Waals surface area (Å²) in [6.07, 6.45) is 12.7. The highest BCUT2D eigenvalue weighted by atomic mass is 35.5. The molecule has 0 saturated heterocycles. The minimum Gasteiger partial charge on any atom is -0.496 e. The largest absolute Gasteiger partial charge is 0.496 e. The maximum atomic E-state index is 13.3. The minimum absolute atomic E-state index is 0.125. The molecule has 10 heteroatoms. The summed E-state index contributed by atoms with van der Waals surface area (Å²) in [5, 5.41) is 13.3. The molecule has 2 aromatic heterocycles. The standard InChI is InChI=1S/C30H36ClN5O2S2/c1-8-19(3)21(10-13-23(9-2)40(7)32-5)11-15-28-35-36-30(39-28)34-29(37)26-18-33-20(4)16-24(26)25-17-22(31)12-14-27(25)38-6/h9-10,12-14,16-18H,8,11,15H2,1-7H3,(H,34,36,37)/b13-10+,21-19+,23-9+/t40-/m0/s1. The monoisotopic (exact) mass is 597 g/mol. The van der Waals surface area contributed by atoms with Gasteiger partial charge in [-0.2, -0.15) is 0 Å². The molecule has 0 aliphatic heterocycles. The number of pyridine rings is 1. The summed E-state index contributed by atoms with van der Waals surface area (Å²) in [5.74, 6) is 0.288. The number of amides is 1. The van der Waals surface area contributed by atoms with Gasteiger partial charge < -0.3 is 4.74 Å². The molecule has 3 aromatic rings. The number of carbonyl (C=O) groups is 1. The van der Waals surface area contributed by atoms with Crippen molar-refractivity contribution in [3.8, 4) is 16.9 Å². The highest BCUT2D eigenvalue weighted by Gasteiger charge is 2.19. The lowest BCUT2D eigenvalue weighted by Crippen LogP contribution is -2.14. The fourth-order valence-electron chi connectivity index (χ4n) is 3.98. The number of nitrogens with zero attached hydrogens (tertiary/aromatic N) is 4. The molecule has 0 radical (unpaired) electrons. The Bertz CT molecular complexity index is 1490. The van der Waals surface area contributed by atoms with Crippen LogP contribution in [-0.4, -0.2) is 41.5 Å². The first kappa shape index (κ1) is 31.4. The number of benzene rings is 1. The first-order valence-electron chi connectivity index (χ1n) is 12.9. The molecule has 1 aromatic carbocycles. The molecule has 0 bridgehead atoms. The van der Waals surface area contributed by atoms with Gasteiger partial charge in [-0.15, -0.1) is 10.2 Å². The topological polar surface area (TPSA) is 89.4 Å². The van der Waals surface area contributed by atoms with Crippen LogP contribution in [0.4, 0.5) is 5.13 Å². The van der Waals surface area contributed by atoms with Gasteiger partial charge in [-0.25, -0.2) is 0 Å². The minimum atomic E-state index is -0.326. The van der Waals surface area contributed by atoms with Gasteiger partial charge in [-0.1, -0.05) is 58.3 Å². The predicted octanol–water partition coefficient (Wildman–Crippen LogP) is 8.00. The maximum absolute atomic E-state index is 13.3. The summed E-state index contributed by atoms with van der Waals surface area (Å²) < 4.78 is 9.94. The van der Waals surface area contributed by atoms with Gasteiger partial charge in [0.25, 0.3) is 5.91 Å². The van der Waals surface area contributed by atoms with Crippen LogP contribution in [-0.2, 0) is 17.1 Å². The van der Waals surface area contributed by atoms with E-state index in [0.29, 0.717) is 32.6 Å². The summed E-state index contributed by atoms with van der Waals surface area (Å²) in [6, 6.07) is 7.16. The van der Waals surface area contributed by atoms with E-state index in [4.69, 9.17) is 16.3 Å². The summed E-state index contributed by atoms with van der Waals surface area (Å²) in [7, 11) is 3.31. The van der Waals surface area contributed by atoms with Crippen LogP contribution in [0.15, 0.2) is 69.1 Å². The second-order valence-electron chi connectivity index (χ2n) is 9.02. The Balaban J connectivity index is 1.78. The SMILES string of the molecule is C/C=C(\C=C\C(CCc1nnc(NC(=O)c2cnc(C)cc2-c2cc(Cl)ccc2OC)s1)=C(\C)CC)[S@](/C)=N/C. The van der Waals surface area contributed by atoms with Crippen LogP contribution in [0, 0.1) is 6.92 Å². The normalized spacial score (nSPS) is 13.4.